The Bertz CT molecular complexity index is 208. The van der Waals surface area contributed by atoms with E-state index in [2.05, 4.69) is 15.1 Å². The molecule has 1 aliphatic rings. The van der Waals surface area contributed by atoms with Crippen LogP contribution in [-0.4, -0.2) is 68.8 Å². The predicted molar refractivity (Wildman–Crippen MR) is 57.5 cm³/mol. The van der Waals surface area contributed by atoms with Crippen LogP contribution in [0.4, 0.5) is 13.2 Å². The van der Waals surface area contributed by atoms with E-state index >= 15 is 0 Å². The molecule has 0 radical (unpaired) electrons. The maximum absolute atomic E-state index is 11.9. The van der Waals surface area contributed by atoms with Crippen LogP contribution in [0.3, 0.4) is 0 Å². The summed E-state index contributed by atoms with van der Waals surface area (Å²) in [7, 11) is 4.05. The number of hydrogen-bond donors (Lipinski definition) is 1. The molecule has 1 heterocycles. The summed E-state index contributed by atoms with van der Waals surface area (Å²) in [6.45, 7) is 3.54. The van der Waals surface area contributed by atoms with Crippen molar-refractivity contribution in [1.29, 1.82) is 0 Å². The van der Waals surface area contributed by atoms with E-state index in [1.165, 1.54) is 0 Å². The highest BCUT2D eigenvalue weighted by molar-refractivity contribution is 4.80. The van der Waals surface area contributed by atoms with Gasteiger partial charge in [0.25, 0.3) is 0 Å². The zero-order chi connectivity index (χ0) is 12.2. The average Bonchev–Trinajstić information content (AvgIpc) is 2.16. The molecule has 1 saturated heterocycles. The predicted octanol–water partition coefficient (Wildman–Crippen LogP) is 0.774. The molecule has 0 aromatic heterocycles. The molecular formula is C10H20F3N3. The van der Waals surface area contributed by atoms with Gasteiger partial charge in [0.1, 0.15) is 0 Å². The van der Waals surface area contributed by atoms with E-state index in [0.29, 0.717) is 12.6 Å². The summed E-state index contributed by atoms with van der Waals surface area (Å²) in [4.78, 5) is 4.40. The Hall–Kier alpha value is -0.330. The minimum atomic E-state index is -4.05. The van der Waals surface area contributed by atoms with Gasteiger partial charge in [-0.2, -0.15) is 13.2 Å². The minimum absolute atomic E-state index is 0.0115. The Labute approximate surface area is 94.6 Å². The first-order valence-electron chi connectivity index (χ1n) is 5.55. The van der Waals surface area contributed by atoms with Crippen LogP contribution < -0.4 is 5.32 Å². The molecule has 16 heavy (non-hydrogen) atoms. The topological polar surface area (TPSA) is 18.5 Å². The number of nitrogens with zero attached hydrogens (tertiary/aromatic N) is 2. The van der Waals surface area contributed by atoms with Crippen LogP contribution in [0.5, 0.6) is 0 Å². The van der Waals surface area contributed by atoms with E-state index in [1.807, 2.05) is 14.1 Å². The van der Waals surface area contributed by atoms with Crippen molar-refractivity contribution in [3.05, 3.63) is 0 Å². The van der Waals surface area contributed by atoms with Crippen LogP contribution in [0.25, 0.3) is 0 Å². The lowest BCUT2D eigenvalue weighted by Crippen LogP contribution is -2.53. The molecule has 0 aromatic carbocycles. The lowest BCUT2D eigenvalue weighted by Gasteiger charge is -2.37. The summed E-state index contributed by atoms with van der Waals surface area (Å²) in [5, 5.41) is 2.87. The molecular weight excluding hydrogens is 219 g/mol. The molecule has 0 aromatic rings. The maximum Gasteiger partial charge on any atom is 0.390 e. The van der Waals surface area contributed by atoms with Crippen molar-refractivity contribution in [2.45, 2.75) is 18.6 Å². The minimum Gasteiger partial charge on any atom is -0.315 e. The molecule has 1 rings (SSSR count). The summed E-state index contributed by atoms with van der Waals surface area (Å²) in [6, 6.07) is 0.312. The summed E-state index contributed by atoms with van der Waals surface area (Å²) in [6.07, 6.45) is -4.80. The Morgan fingerprint density at radius 3 is 2.56 bits per heavy atom. The second-order valence-electron chi connectivity index (χ2n) is 4.47. The van der Waals surface area contributed by atoms with E-state index in [0.717, 1.165) is 19.6 Å². The van der Waals surface area contributed by atoms with Crippen LogP contribution in [0.2, 0.25) is 0 Å². The zero-order valence-electron chi connectivity index (χ0n) is 9.85. The highest BCUT2D eigenvalue weighted by Gasteiger charge is 2.27. The Kier molecular flexibility index (Phi) is 5.01. The molecule has 0 saturated carbocycles. The number of nitrogens with one attached hydrogen (secondary N) is 1. The van der Waals surface area contributed by atoms with E-state index < -0.39 is 12.6 Å². The van der Waals surface area contributed by atoms with Gasteiger partial charge in [-0.25, -0.2) is 0 Å². The van der Waals surface area contributed by atoms with Gasteiger partial charge in [0.05, 0.1) is 6.42 Å². The average molecular weight is 239 g/mol. The second kappa shape index (κ2) is 5.84. The van der Waals surface area contributed by atoms with Crippen molar-refractivity contribution >= 4 is 0 Å². The van der Waals surface area contributed by atoms with E-state index in [1.54, 1.807) is 0 Å². The summed E-state index contributed by atoms with van der Waals surface area (Å²) >= 11 is 0. The maximum atomic E-state index is 11.9. The van der Waals surface area contributed by atoms with Crippen molar-refractivity contribution < 1.29 is 13.2 Å². The third-order valence-corrected chi connectivity index (χ3v) is 2.95. The van der Waals surface area contributed by atoms with Crippen LogP contribution in [0.1, 0.15) is 6.42 Å². The largest absolute Gasteiger partial charge is 0.390 e. The first-order chi connectivity index (χ1) is 7.38. The van der Waals surface area contributed by atoms with E-state index in [4.69, 9.17) is 0 Å². The Balaban J connectivity index is 2.16. The third kappa shape index (κ3) is 5.14. The molecule has 1 N–H and O–H groups in total. The second-order valence-corrected chi connectivity index (χ2v) is 4.47. The monoisotopic (exact) mass is 239 g/mol. The fourth-order valence-corrected chi connectivity index (χ4v) is 1.82. The molecule has 6 heteroatoms. The molecule has 0 bridgehead atoms. The van der Waals surface area contributed by atoms with Crippen molar-refractivity contribution in [2.24, 2.45) is 0 Å². The van der Waals surface area contributed by atoms with E-state index in [-0.39, 0.29) is 6.54 Å². The molecule has 1 unspecified atom stereocenters. The van der Waals surface area contributed by atoms with Gasteiger partial charge in [-0.15, -0.1) is 0 Å². The van der Waals surface area contributed by atoms with Crippen LogP contribution >= 0.6 is 0 Å². The number of halogens is 3. The van der Waals surface area contributed by atoms with Crippen molar-refractivity contribution in [2.75, 3.05) is 46.8 Å². The number of alkyl halides is 3. The highest BCUT2D eigenvalue weighted by atomic mass is 19.4. The van der Waals surface area contributed by atoms with Crippen LogP contribution in [-0.2, 0) is 0 Å². The van der Waals surface area contributed by atoms with E-state index in [9.17, 15) is 13.2 Å². The third-order valence-electron chi connectivity index (χ3n) is 2.95. The first-order valence-corrected chi connectivity index (χ1v) is 5.55. The van der Waals surface area contributed by atoms with Gasteiger partial charge in [0.15, 0.2) is 0 Å². The SMILES string of the molecule is CN1CCN(C)C(CNCCC(F)(F)F)C1. The number of piperazine rings is 1. The van der Waals surface area contributed by atoms with Crippen LogP contribution in [0.15, 0.2) is 0 Å². The molecule has 1 atom stereocenters. The molecule has 0 amide bonds. The van der Waals surface area contributed by atoms with Gasteiger partial charge in [-0.1, -0.05) is 0 Å². The molecule has 1 aliphatic heterocycles. The van der Waals surface area contributed by atoms with Crippen LogP contribution in [0, 0.1) is 0 Å². The normalized spacial score (nSPS) is 24.9. The van der Waals surface area contributed by atoms with Gasteiger partial charge < -0.3 is 10.2 Å². The first kappa shape index (κ1) is 13.7. The standard InChI is InChI=1S/C10H20F3N3/c1-15-5-6-16(2)9(8-15)7-14-4-3-10(11,12)13/h9,14H,3-8H2,1-2H3. The Morgan fingerprint density at radius 2 is 1.94 bits per heavy atom. The van der Waals surface area contributed by atoms with Gasteiger partial charge in [-0.05, 0) is 14.1 Å². The molecule has 0 aliphatic carbocycles. The van der Waals surface area contributed by atoms with Gasteiger partial charge in [0.2, 0.25) is 0 Å². The van der Waals surface area contributed by atoms with Crippen molar-refractivity contribution in [1.82, 2.24) is 15.1 Å². The lowest BCUT2D eigenvalue weighted by atomic mass is 10.2. The lowest BCUT2D eigenvalue weighted by molar-refractivity contribution is -0.133. The van der Waals surface area contributed by atoms with Gasteiger partial charge >= 0.3 is 6.18 Å². The summed E-state index contributed by atoms with van der Waals surface area (Å²) in [5.41, 5.74) is 0. The molecule has 96 valence electrons. The fraction of sp³-hybridized carbons (Fsp3) is 1.00. The van der Waals surface area contributed by atoms with Gasteiger partial charge in [0, 0.05) is 38.8 Å². The molecule has 0 spiro atoms. The number of likely N-dealkylation sites (N-methyl/N-ethyl adjacent to an activating group) is 2. The van der Waals surface area contributed by atoms with Gasteiger partial charge in [-0.3, -0.25) is 4.90 Å². The number of rotatable bonds is 4. The fourth-order valence-electron chi connectivity index (χ4n) is 1.82. The molecule has 3 nitrogen and oxygen atoms in total. The smallest absolute Gasteiger partial charge is 0.315 e. The summed E-state index contributed by atoms with van der Waals surface area (Å²) < 4.78 is 35.7. The zero-order valence-corrected chi connectivity index (χ0v) is 9.85. The molecule has 1 fully saturated rings. The highest BCUT2D eigenvalue weighted by Crippen LogP contribution is 2.18. The van der Waals surface area contributed by atoms with Crippen molar-refractivity contribution in [3.8, 4) is 0 Å². The summed E-state index contributed by atoms with van der Waals surface area (Å²) in [5.74, 6) is 0. The Morgan fingerprint density at radius 1 is 1.25 bits per heavy atom. The van der Waals surface area contributed by atoms with Crippen molar-refractivity contribution in [3.63, 3.8) is 0 Å². The number of hydrogen-bond acceptors (Lipinski definition) is 3. The quantitative estimate of drug-likeness (QED) is 0.731.